The predicted molar refractivity (Wildman–Crippen MR) is 92.4 cm³/mol. The molecule has 3 unspecified atom stereocenters. The van der Waals surface area contributed by atoms with Crippen molar-refractivity contribution < 1.29 is 19.4 Å². The number of carbonyl (C=O) groups excluding carboxylic acids is 1. The number of likely N-dealkylation sites (tertiary alicyclic amines) is 1. The topological polar surface area (TPSA) is 99.9 Å². The number of amides is 1. The minimum Gasteiger partial charge on any atom is -0.467 e. The molecule has 1 aliphatic heterocycles. The van der Waals surface area contributed by atoms with Crippen LogP contribution in [0.3, 0.4) is 0 Å². The smallest absolute Gasteiger partial charge is 0.255 e. The van der Waals surface area contributed by atoms with Gasteiger partial charge in [0.2, 0.25) is 0 Å². The highest BCUT2D eigenvalue weighted by molar-refractivity contribution is 5.85. The number of benzene rings is 1. The zero-order valence-corrected chi connectivity index (χ0v) is 14.0. The maximum atomic E-state index is 12.0. The number of nitrogens with two attached hydrogens (primary N) is 1. The first kappa shape index (κ1) is 17.7. The lowest BCUT2D eigenvalue weighted by Crippen LogP contribution is -2.51. The first-order chi connectivity index (χ1) is 12.0. The molecular weight excluding hydrogens is 320 g/mol. The summed E-state index contributed by atoms with van der Waals surface area (Å²) in [5.74, 6) is -0.240. The number of furan rings is 1. The van der Waals surface area contributed by atoms with Crippen molar-refractivity contribution in [3.63, 3.8) is 0 Å². The van der Waals surface area contributed by atoms with E-state index in [0.717, 1.165) is 19.4 Å². The number of aliphatic hydroxyl groups is 2. The Hall–Kier alpha value is -2.15. The van der Waals surface area contributed by atoms with Gasteiger partial charge in [-0.2, -0.15) is 0 Å². The molecule has 6 nitrogen and oxygen atoms in total. The van der Waals surface area contributed by atoms with Crippen molar-refractivity contribution in [2.45, 2.75) is 37.0 Å². The fraction of sp³-hybridized carbons (Fsp3) is 0.421. The number of hydrogen-bond acceptors (Lipinski definition) is 5. The summed E-state index contributed by atoms with van der Waals surface area (Å²) < 4.78 is 5.26. The Balaban J connectivity index is 1.74. The summed E-state index contributed by atoms with van der Waals surface area (Å²) in [6.07, 6.45) is 3.14. The molecule has 4 N–H and O–H groups in total. The third kappa shape index (κ3) is 3.76. The van der Waals surface area contributed by atoms with Gasteiger partial charge in [-0.3, -0.25) is 9.69 Å². The number of rotatable bonds is 7. The molecule has 3 rings (SSSR count). The second-order valence-corrected chi connectivity index (χ2v) is 6.62. The summed E-state index contributed by atoms with van der Waals surface area (Å²) in [4.78, 5) is 14.0. The van der Waals surface area contributed by atoms with Crippen molar-refractivity contribution in [2.75, 3.05) is 13.1 Å². The first-order valence-corrected chi connectivity index (χ1v) is 8.54. The molecule has 134 valence electrons. The number of nitrogens with zero attached hydrogens (tertiary/aromatic N) is 1. The summed E-state index contributed by atoms with van der Waals surface area (Å²) in [6.45, 7) is 0.861. The molecule has 0 radical (unpaired) electrons. The quantitative estimate of drug-likeness (QED) is 0.707. The zero-order valence-electron chi connectivity index (χ0n) is 14.0. The molecule has 1 aromatic carbocycles. The van der Waals surface area contributed by atoms with Crippen molar-refractivity contribution in [1.82, 2.24) is 4.90 Å². The minimum absolute atomic E-state index is 0.0506. The molecule has 0 saturated carbocycles. The van der Waals surface area contributed by atoms with Gasteiger partial charge in [-0.1, -0.05) is 30.3 Å². The van der Waals surface area contributed by atoms with Crippen LogP contribution in [0.2, 0.25) is 0 Å². The average molecular weight is 344 g/mol. The second kappa shape index (κ2) is 7.39. The maximum Gasteiger partial charge on any atom is 0.255 e. The van der Waals surface area contributed by atoms with Crippen LogP contribution in [0.1, 0.15) is 36.7 Å². The van der Waals surface area contributed by atoms with E-state index in [0.29, 0.717) is 17.7 Å². The molecule has 0 aliphatic carbocycles. The number of carbonyl (C=O) groups is 1. The molecule has 0 bridgehead atoms. The normalized spacial score (nSPS) is 21.8. The van der Waals surface area contributed by atoms with Gasteiger partial charge in [0.1, 0.15) is 11.9 Å². The van der Waals surface area contributed by atoms with Crippen molar-refractivity contribution in [3.05, 3.63) is 60.1 Å². The molecule has 1 saturated heterocycles. The third-order valence-electron chi connectivity index (χ3n) is 4.96. The van der Waals surface area contributed by atoms with Crippen LogP contribution in [0.25, 0.3) is 0 Å². The van der Waals surface area contributed by atoms with E-state index in [2.05, 4.69) is 0 Å². The Kier molecular flexibility index (Phi) is 5.22. The molecule has 3 atom stereocenters. The van der Waals surface area contributed by atoms with E-state index in [-0.39, 0.29) is 12.6 Å². The second-order valence-electron chi connectivity index (χ2n) is 6.62. The Morgan fingerprint density at radius 1 is 1.32 bits per heavy atom. The van der Waals surface area contributed by atoms with Gasteiger partial charge in [-0.15, -0.1) is 0 Å². The number of primary amides is 1. The summed E-state index contributed by atoms with van der Waals surface area (Å²) >= 11 is 0. The van der Waals surface area contributed by atoms with Crippen LogP contribution in [0.5, 0.6) is 0 Å². The molecule has 1 amide bonds. The van der Waals surface area contributed by atoms with Crippen LogP contribution in [-0.2, 0) is 10.4 Å². The van der Waals surface area contributed by atoms with Gasteiger partial charge < -0.3 is 20.4 Å². The van der Waals surface area contributed by atoms with Gasteiger partial charge in [0.25, 0.3) is 5.91 Å². The van der Waals surface area contributed by atoms with Crippen molar-refractivity contribution in [3.8, 4) is 0 Å². The van der Waals surface area contributed by atoms with E-state index in [1.807, 2.05) is 11.0 Å². The van der Waals surface area contributed by atoms with E-state index < -0.39 is 17.6 Å². The van der Waals surface area contributed by atoms with Crippen molar-refractivity contribution >= 4 is 5.91 Å². The summed E-state index contributed by atoms with van der Waals surface area (Å²) in [6, 6.07) is 12.3. The minimum atomic E-state index is -1.75. The molecule has 6 heteroatoms. The van der Waals surface area contributed by atoms with E-state index in [1.54, 1.807) is 36.4 Å². The Morgan fingerprint density at radius 2 is 2.08 bits per heavy atom. The van der Waals surface area contributed by atoms with Gasteiger partial charge in [0.15, 0.2) is 5.60 Å². The Bertz CT molecular complexity index is 689. The third-order valence-corrected chi connectivity index (χ3v) is 4.96. The largest absolute Gasteiger partial charge is 0.467 e. The van der Waals surface area contributed by atoms with E-state index in [4.69, 9.17) is 10.2 Å². The maximum absolute atomic E-state index is 12.0. The molecule has 1 aliphatic rings. The van der Waals surface area contributed by atoms with Crippen LogP contribution in [0.4, 0.5) is 0 Å². The van der Waals surface area contributed by atoms with Crippen LogP contribution in [0, 0.1) is 0 Å². The standard InChI is InChI=1S/C19H24N2O4/c20-18(23)19(24,14-6-2-1-3-7-14)13-21-10-4-8-15(21)12-16(22)17-9-5-11-25-17/h1-3,5-7,9,11,15-16,22,24H,4,8,10,12-13H2,(H2,20,23). The van der Waals surface area contributed by atoms with Gasteiger partial charge in [0, 0.05) is 12.6 Å². The first-order valence-electron chi connectivity index (χ1n) is 8.54. The van der Waals surface area contributed by atoms with Gasteiger partial charge in [-0.05, 0) is 43.5 Å². The molecule has 0 spiro atoms. The van der Waals surface area contributed by atoms with Gasteiger partial charge >= 0.3 is 0 Å². The average Bonchev–Trinajstić information content (AvgIpc) is 3.28. The van der Waals surface area contributed by atoms with E-state index >= 15 is 0 Å². The number of hydrogen-bond donors (Lipinski definition) is 3. The van der Waals surface area contributed by atoms with Crippen molar-refractivity contribution in [2.24, 2.45) is 5.73 Å². The Morgan fingerprint density at radius 3 is 2.72 bits per heavy atom. The molecule has 1 aromatic heterocycles. The van der Waals surface area contributed by atoms with Crippen LogP contribution in [0.15, 0.2) is 53.1 Å². The van der Waals surface area contributed by atoms with Crippen LogP contribution in [-0.4, -0.2) is 40.2 Å². The summed E-state index contributed by atoms with van der Waals surface area (Å²) in [5, 5.41) is 21.3. The molecule has 2 aromatic rings. The monoisotopic (exact) mass is 344 g/mol. The highest BCUT2D eigenvalue weighted by Gasteiger charge is 2.41. The van der Waals surface area contributed by atoms with Gasteiger partial charge in [0.05, 0.1) is 6.26 Å². The molecule has 1 fully saturated rings. The van der Waals surface area contributed by atoms with E-state index in [9.17, 15) is 15.0 Å². The summed E-state index contributed by atoms with van der Waals surface area (Å²) in [5.41, 5.74) is 4.26. The lowest BCUT2D eigenvalue weighted by atomic mass is 9.91. The molecule has 25 heavy (non-hydrogen) atoms. The zero-order chi connectivity index (χ0) is 17.9. The van der Waals surface area contributed by atoms with E-state index in [1.165, 1.54) is 6.26 Å². The highest BCUT2D eigenvalue weighted by atomic mass is 16.4. The molecule has 2 heterocycles. The lowest BCUT2D eigenvalue weighted by Gasteiger charge is -2.34. The molecular formula is C19H24N2O4. The van der Waals surface area contributed by atoms with Gasteiger partial charge in [-0.25, -0.2) is 0 Å². The highest BCUT2D eigenvalue weighted by Crippen LogP contribution is 2.31. The SMILES string of the molecule is NC(=O)C(O)(CN1CCCC1CC(O)c1ccco1)c1ccccc1. The van der Waals surface area contributed by atoms with Crippen LogP contribution < -0.4 is 5.73 Å². The van der Waals surface area contributed by atoms with Crippen LogP contribution >= 0.6 is 0 Å². The number of aliphatic hydroxyl groups excluding tert-OH is 1. The van der Waals surface area contributed by atoms with Crippen molar-refractivity contribution in [1.29, 1.82) is 0 Å². The Labute approximate surface area is 146 Å². The number of β-amino-alcohol motifs (C(OH)–C–C–N with tert-alkyl or cyclic N) is 1. The fourth-order valence-electron chi connectivity index (χ4n) is 3.54. The summed E-state index contributed by atoms with van der Waals surface area (Å²) in [7, 11) is 0. The predicted octanol–water partition coefficient (Wildman–Crippen LogP) is 1.54. The lowest BCUT2D eigenvalue weighted by molar-refractivity contribution is -0.140. The fourth-order valence-corrected chi connectivity index (χ4v) is 3.54.